The van der Waals surface area contributed by atoms with E-state index < -0.39 is 0 Å². The number of carbonyl (C=O) groups is 1. The Bertz CT molecular complexity index is 1150. The van der Waals surface area contributed by atoms with Crippen molar-refractivity contribution in [3.63, 3.8) is 0 Å². The van der Waals surface area contributed by atoms with Crippen LogP contribution in [-0.2, 0) is 4.79 Å². The molecular weight excluding hydrogens is 386 g/mol. The summed E-state index contributed by atoms with van der Waals surface area (Å²) in [7, 11) is 1.47. The van der Waals surface area contributed by atoms with Crippen LogP contribution in [0, 0.1) is 11.3 Å². The van der Waals surface area contributed by atoms with Gasteiger partial charge in [-0.2, -0.15) is 15.2 Å². The molecule has 1 amide bonds. The second kappa shape index (κ2) is 8.04. The van der Waals surface area contributed by atoms with E-state index in [9.17, 15) is 4.79 Å². The van der Waals surface area contributed by atoms with E-state index in [2.05, 4.69) is 42.2 Å². The van der Waals surface area contributed by atoms with Gasteiger partial charge in [0, 0.05) is 19.1 Å². The number of amides is 1. The van der Waals surface area contributed by atoms with Crippen molar-refractivity contribution in [2.45, 2.75) is 12.5 Å². The SMILES string of the molecule is C=CC(=O)Nc1ccc2nc(N3CCC(Nc4ncc(C#N)c(OC)n4)C3)nn2c1. The molecule has 2 N–H and O–H groups in total. The highest BCUT2D eigenvalue weighted by Crippen LogP contribution is 2.21. The first-order valence-corrected chi connectivity index (χ1v) is 9.22. The molecule has 0 aromatic carbocycles. The number of nitrogens with zero attached hydrogens (tertiary/aromatic N) is 7. The Morgan fingerprint density at radius 2 is 2.30 bits per heavy atom. The number of anilines is 3. The molecule has 11 heteroatoms. The van der Waals surface area contributed by atoms with Crippen LogP contribution in [0.5, 0.6) is 5.88 Å². The van der Waals surface area contributed by atoms with Gasteiger partial charge in [-0.15, -0.1) is 5.10 Å². The lowest BCUT2D eigenvalue weighted by Gasteiger charge is -2.15. The Morgan fingerprint density at radius 3 is 3.07 bits per heavy atom. The van der Waals surface area contributed by atoms with E-state index in [0.717, 1.165) is 13.0 Å². The van der Waals surface area contributed by atoms with Crippen LogP contribution >= 0.6 is 0 Å². The third kappa shape index (κ3) is 3.83. The predicted octanol–water partition coefficient (Wildman–Crippen LogP) is 1.21. The monoisotopic (exact) mass is 405 g/mol. The van der Waals surface area contributed by atoms with Gasteiger partial charge in [0.2, 0.25) is 23.7 Å². The number of aromatic nitrogens is 5. The Morgan fingerprint density at radius 1 is 1.43 bits per heavy atom. The molecule has 11 nitrogen and oxygen atoms in total. The van der Waals surface area contributed by atoms with Crippen molar-refractivity contribution in [3.8, 4) is 11.9 Å². The number of carbonyl (C=O) groups excluding carboxylic acids is 1. The van der Waals surface area contributed by atoms with Gasteiger partial charge < -0.3 is 20.3 Å². The average molecular weight is 405 g/mol. The summed E-state index contributed by atoms with van der Waals surface area (Å²) < 4.78 is 6.76. The van der Waals surface area contributed by atoms with Gasteiger partial charge in [0.05, 0.1) is 25.2 Å². The van der Waals surface area contributed by atoms with Crippen molar-refractivity contribution in [2.24, 2.45) is 0 Å². The summed E-state index contributed by atoms with van der Waals surface area (Å²) in [4.78, 5) is 26.5. The van der Waals surface area contributed by atoms with Gasteiger partial charge in [-0.3, -0.25) is 4.79 Å². The smallest absolute Gasteiger partial charge is 0.247 e. The lowest BCUT2D eigenvalue weighted by atomic mass is 10.3. The summed E-state index contributed by atoms with van der Waals surface area (Å²) in [5.41, 5.74) is 1.57. The molecule has 0 aliphatic carbocycles. The number of nitriles is 1. The van der Waals surface area contributed by atoms with Gasteiger partial charge in [0.15, 0.2) is 5.65 Å². The first kappa shape index (κ1) is 19.1. The highest BCUT2D eigenvalue weighted by Gasteiger charge is 2.26. The molecule has 4 rings (SSSR count). The molecule has 1 saturated heterocycles. The molecule has 0 radical (unpaired) electrons. The van der Waals surface area contributed by atoms with Crippen LogP contribution in [0.1, 0.15) is 12.0 Å². The first-order valence-electron chi connectivity index (χ1n) is 9.22. The number of methoxy groups -OCH3 is 1. The fraction of sp³-hybridized carbons (Fsp3) is 0.263. The molecule has 1 fully saturated rings. The van der Waals surface area contributed by atoms with Crippen molar-refractivity contribution in [1.29, 1.82) is 5.26 Å². The Labute approximate surface area is 172 Å². The van der Waals surface area contributed by atoms with E-state index in [1.165, 1.54) is 19.4 Å². The largest absolute Gasteiger partial charge is 0.480 e. The van der Waals surface area contributed by atoms with Gasteiger partial charge in [0.1, 0.15) is 11.6 Å². The van der Waals surface area contributed by atoms with Gasteiger partial charge >= 0.3 is 0 Å². The normalized spacial score (nSPS) is 15.6. The van der Waals surface area contributed by atoms with Crippen molar-refractivity contribution in [3.05, 3.63) is 42.7 Å². The van der Waals surface area contributed by atoms with Crippen LogP contribution in [0.15, 0.2) is 37.2 Å². The minimum atomic E-state index is -0.287. The number of fused-ring (bicyclic) bond motifs is 1. The van der Waals surface area contributed by atoms with Crippen molar-refractivity contribution < 1.29 is 9.53 Å². The number of rotatable bonds is 6. The van der Waals surface area contributed by atoms with Crippen LogP contribution in [0.3, 0.4) is 0 Å². The number of pyridine rings is 1. The second-order valence-electron chi connectivity index (χ2n) is 6.63. The molecule has 152 valence electrons. The third-order valence-corrected chi connectivity index (χ3v) is 4.64. The molecule has 1 unspecified atom stereocenters. The third-order valence-electron chi connectivity index (χ3n) is 4.64. The molecule has 4 heterocycles. The molecule has 0 spiro atoms. The minimum Gasteiger partial charge on any atom is -0.480 e. The Kier molecular flexibility index (Phi) is 5.13. The number of hydrogen-bond acceptors (Lipinski definition) is 9. The van der Waals surface area contributed by atoms with E-state index >= 15 is 0 Å². The topological polar surface area (TPSA) is 133 Å². The van der Waals surface area contributed by atoms with Gasteiger partial charge in [-0.1, -0.05) is 6.58 Å². The van der Waals surface area contributed by atoms with Crippen LogP contribution in [0.4, 0.5) is 17.6 Å². The van der Waals surface area contributed by atoms with Crippen LogP contribution in [0.2, 0.25) is 0 Å². The molecule has 1 aliphatic rings. The highest BCUT2D eigenvalue weighted by molar-refractivity contribution is 5.98. The molecule has 0 saturated carbocycles. The quantitative estimate of drug-likeness (QED) is 0.580. The summed E-state index contributed by atoms with van der Waals surface area (Å²) in [5, 5.41) is 19.5. The summed E-state index contributed by atoms with van der Waals surface area (Å²) in [5.74, 6) is 0.962. The van der Waals surface area contributed by atoms with Crippen molar-refractivity contribution in [2.75, 3.05) is 35.7 Å². The maximum atomic E-state index is 11.5. The fourth-order valence-electron chi connectivity index (χ4n) is 3.18. The lowest BCUT2D eigenvalue weighted by molar-refractivity contribution is -0.111. The summed E-state index contributed by atoms with van der Waals surface area (Å²) >= 11 is 0. The summed E-state index contributed by atoms with van der Waals surface area (Å²) in [6.45, 7) is 4.88. The number of nitrogens with one attached hydrogen (secondary N) is 2. The fourth-order valence-corrected chi connectivity index (χ4v) is 3.18. The van der Waals surface area contributed by atoms with Gasteiger partial charge in [-0.05, 0) is 24.6 Å². The highest BCUT2D eigenvalue weighted by atomic mass is 16.5. The maximum absolute atomic E-state index is 11.5. The Balaban J connectivity index is 1.45. The molecule has 30 heavy (non-hydrogen) atoms. The standard InChI is InChI=1S/C19H19N9O2/c1-3-16(29)22-13-4-5-15-24-19(26-28(15)11-13)27-7-6-14(10-27)23-18-21-9-12(8-20)17(25-18)30-2/h3-5,9,11,14H,1,6-7,10H2,2H3,(H,22,29)(H,21,23,25). The zero-order valence-corrected chi connectivity index (χ0v) is 16.2. The summed E-state index contributed by atoms with van der Waals surface area (Å²) in [6, 6.07) is 5.64. The molecular formula is C19H19N9O2. The van der Waals surface area contributed by atoms with E-state index in [0.29, 0.717) is 29.8 Å². The van der Waals surface area contributed by atoms with Crippen LogP contribution < -0.4 is 20.3 Å². The molecule has 1 aliphatic heterocycles. The van der Waals surface area contributed by atoms with E-state index in [-0.39, 0.29) is 23.4 Å². The van der Waals surface area contributed by atoms with Crippen molar-refractivity contribution in [1.82, 2.24) is 24.6 Å². The molecule has 3 aromatic rings. The average Bonchev–Trinajstić information content (AvgIpc) is 3.40. The van der Waals surface area contributed by atoms with Crippen LogP contribution in [0.25, 0.3) is 5.65 Å². The maximum Gasteiger partial charge on any atom is 0.247 e. The number of hydrogen-bond donors (Lipinski definition) is 2. The van der Waals surface area contributed by atoms with Gasteiger partial charge in [-0.25, -0.2) is 9.50 Å². The molecule has 3 aromatic heterocycles. The Hall–Kier alpha value is -4.20. The van der Waals surface area contributed by atoms with E-state index in [4.69, 9.17) is 10.00 Å². The van der Waals surface area contributed by atoms with Gasteiger partial charge in [0.25, 0.3) is 0 Å². The molecule has 0 bridgehead atoms. The number of ether oxygens (including phenoxy) is 1. The van der Waals surface area contributed by atoms with E-state index in [1.54, 1.807) is 22.8 Å². The molecule has 1 atom stereocenters. The lowest BCUT2D eigenvalue weighted by Crippen LogP contribution is -2.27. The summed E-state index contributed by atoms with van der Waals surface area (Å²) in [6.07, 6.45) is 5.20. The van der Waals surface area contributed by atoms with Crippen LogP contribution in [-0.4, -0.2) is 56.7 Å². The minimum absolute atomic E-state index is 0.0942. The zero-order valence-electron chi connectivity index (χ0n) is 16.2. The first-order chi connectivity index (χ1) is 14.6. The van der Waals surface area contributed by atoms with E-state index in [1.807, 2.05) is 6.07 Å². The zero-order chi connectivity index (χ0) is 21.1. The van der Waals surface area contributed by atoms with Crippen molar-refractivity contribution >= 4 is 29.1 Å². The second-order valence-corrected chi connectivity index (χ2v) is 6.63. The predicted molar refractivity (Wildman–Crippen MR) is 109 cm³/mol.